The lowest BCUT2D eigenvalue weighted by molar-refractivity contribution is 0.102. The van der Waals surface area contributed by atoms with Crippen molar-refractivity contribution < 1.29 is 4.79 Å². The van der Waals surface area contributed by atoms with Crippen molar-refractivity contribution in [3.8, 4) is 0 Å². The van der Waals surface area contributed by atoms with Gasteiger partial charge < -0.3 is 10.6 Å². The van der Waals surface area contributed by atoms with E-state index in [1.54, 1.807) is 12.4 Å². The Morgan fingerprint density at radius 3 is 3.35 bits per heavy atom. The quantitative estimate of drug-likeness (QED) is 0.752. The van der Waals surface area contributed by atoms with Crippen LogP contribution < -0.4 is 10.6 Å². The van der Waals surface area contributed by atoms with E-state index in [9.17, 15) is 4.79 Å². The van der Waals surface area contributed by atoms with Crippen molar-refractivity contribution in [3.05, 3.63) is 29.7 Å². The molecule has 4 heterocycles. The molecule has 0 bridgehead atoms. The molecule has 0 spiro atoms. The molecule has 0 aromatic carbocycles. The van der Waals surface area contributed by atoms with E-state index in [1.807, 2.05) is 20.7 Å². The van der Waals surface area contributed by atoms with E-state index < -0.39 is 0 Å². The molecule has 0 radical (unpaired) electrons. The second-order valence-corrected chi connectivity index (χ2v) is 5.46. The normalized spacial score (nSPS) is 14.0. The molecule has 7 nitrogen and oxygen atoms in total. The number of hydrogen-bond donors (Lipinski definition) is 2. The molecule has 0 unspecified atom stereocenters. The monoisotopic (exact) mass is 288 g/mol. The van der Waals surface area contributed by atoms with Crippen LogP contribution in [0.5, 0.6) is 0 Å². The highest BCUT2D eigenvalue weighted by Crippen LogP contribution is 2.24. The summed E-state index contributed by atoms with van der Waals surface area (Å²) in [4.78, 5) is 17.3. The van der Waals surface area contributed by atoms with Crippen LogP contribution in [-0.2, 0) is 6.54 Å². The summed E-state index contributed by atoms with van der Waals surface area (Å²) in [6.45, 7) is 1.77. The Kier molecular flexibility index (Phi) is 2.49. The fourth-order valence-corrected chi connectivity index (χ4v) is 2.99. The van der Waals surface area contributed by atoms with Crippen LogP contribution in [0, 0.1) is 0 Å². The number of fused-ring (bicyclic) bond motifs is 2. The number of rotatable bonds is 2. The van der Waals surface area contributed by atoms with Crippen LogP contribution >= 0.6 is 11.3 Å². The molecule has 8 heteroatoms. The van der Waals surface area contributed by atoms with Gasteiger partial charge in [-0.15, -0.1) is 11.3 Å². The zero-order valence-electron chi connectivity index (χ0n) is 10.5. The molecule has 3 aromatic heterocycles. The number of nitrogens with zero attached hydrogens (tertiary/aromatic N) is 4. The summed E-state index contributed by atoms with van der Waals surface area (Å²) in [5.74, 6) is 0.648. The molecule has 20 heavy (non-hydrogen) atoms. The molecule has 102 valence electrons. The van der Waals surface area contributed by atoms with Crippen LogP contribution in [0.1, 0.15) is 16.9 Å². The standard InChI is InChI=1S/C12H12N6OS/c19-11(9-7-17-4-5-20-12(17)16-9)15-8-6-14-18-3-1-2-13-10(8)18/h4-7,13H,1-3H2,(H,15,19). The van der Waals surface area contributed by atoms with Crippen molar-refractivity contribution in [2.75, 3.05) is 17.2 Å². The molecule has 1 amide bonds. The van der Waals surface area contributed by atoms with Gasteiger partial charge in [0.15, 0.2) is 4.96 Å². The van der Waals surface area contributed by atoms with Gasteiger partial charge in [0.05, 0.1) is 6.20 Å². The second-order valence-electron chi connectivity index (χ2n) is 4.58. The van der Waals surface area contributed by atoms with Crippen LogP contribution in [0.25, 0.3) is 4.96 Å². The van der Waals surface area contributed by atoms with Crippen molar-refractivity contribution in [1.82, 2.24) is 19.2 Å². The molecule has 0 aliphatic carbocycles. The number of imidazole rings is 1. The van der Waals surface area contributed by atoms with Crippen LogP contribution in [-0.4, -0.2) is 31.6 Å². The predicted octanol–water partition coefficient (Wildman–Crippen LogP) is 1.66. The lowest BCUT2D eigenvalue weighted by Gasteiger charge is -2.16. The van der Waals surface area contributed by atoms with E-state index in [4.69, 9.17) is 0 Å². The summed E-state index contributed by atoms with van der Waals surface area (Å²) < 4.78 is 3.70. The van der Waals surface area contributed by atoms with Gasteiger partial charge in [0.25, 0.3) is 5.91 Å². The van der Waals surface area contributed by atoms with Gasteiger partial charge in [0.1, 0.15) is 17.2 Å². The summed E-state index contributed by atoms with van der Waals surface area (Å²) in [5, 5.41) is 12.3. The molecule has 2 N–H and O–H groups in total. The van der Waals surface area contributed by atoms with E-state index >= 15 is 0 Å². The zero-order valence-corrected chi connectivity index (χ0v) is 11.4. The Morgan fingerprint density at radius 1 is 1.50 bits per heavy atom. The minimum absolute atomic E-state index is 0.218. The van der Waals surface area contributed by atoms with Crippen LogP contribution in [0.15, 0.2) is 24.0 Å². The molecule has 4 rings (SSSR count). The fraction of sp³-hybridized carbons (Fsp3) is 0.250. The van der Waals surface area contributed by atoms with Crippen LogP contribution in [0.4, 0.5) is 11.5 Å². The van der Waals surface area contributed by atoms with Crippen molar-refractivity contribution in [2.24, 2.45) is 0 Å². The number of nitrogens with one attached hydrogen (secondary N) is 2. The number of aromatic nitrogens is 4. The summed E-state index contributed by atoms with van der Waals surface area (Å²) in [7, 11) is 0. The molecule has 0 saturated carbocycles. The summed E-state index contributed by atoms with van der Waals surface area (Å²) >= 11 is 1.50. The molecule has 3 aromatic rings. The SMILES string of the molecule is O=C(Nc1cnn2c1NCCC2)c1cn2ccsc2n1. The largest absolute Gasteiger partial charge is 0.368 e. The Morgan fingerprint density at radius 2 is 2.45 bits per heavy atom. The highest BCUT2D eigenvalue weighted by atomic mass is 32.1. The van der Waals surface area contributed by atoms with Gasteiger partial charge in [-0.05, 0) is 6.42 Å². The zero-order chi connectivity index (χ0) is 13.5. The van der Waals surface area contributed by atoms with E-state index in [0.29, 0.717) is 11.4 Å². The molecule has 1 aliphatic rings. The second kappa shape index (κ2) is 4.34. The number of anilines is 2. The van der Waals surface area contributed by atoms with Crippen LogP contribution in [0.3, 0.4) is 0 Å². The van der Waals surface area contributed by atoms with Gasteiger partial charge in [0, 0.05) is 30.9 Å². The van der Waals surface area contributed by atoms with Gasteiger partial charge in [-0.25, -0.2) is 9.67 Å². The number of carbonyl (C=O) groups is 1. The number of hydrogen-bond acceptors (Lipinski definition) is 5. The van der Waals surface area contributed by atoms with Crippen molar-refractivity contribution >= 4 is 33.7 Å². The van der Waals surface area contributed by atoms with Gasteiger partial charge >= 0.3 is 0 Å². The molecule has 0 fully saturated rings. The maximum atomic E-state index is 12.2. The molecule has 0 atom stereocenters. The van der Waals surface area contributed by atoms with E-state index in [-0.39, 0.29) is 5.91 Å². The van der Waals surface area contributed by atoms with E-state index in [2.05, 4.69) is 20.7 Å². The number of thiazole rings is 1. The minimum atomic E-state index is -0.218. The lowest BCUT2D eigenvalue weighted by Crippen LogP contribution is -2.19. The third kappa shape index (κ3) is 1.76. The van der Waals surface area contributed by atoms with Crippen molar-refractivity contribution in [1.29, 1.82) is 0 Å². The maximum Gasteiger partial charge on any atom is 0.276 e. The smallest absolute Gasteiger partial charge is 0.276 e. The van der Waals surface area contributed by atoms with Crippen molar-refractivity contribution in [2.45, 2.75) is 13.0 Å². The third-order valence-electron chi connectivity index (χ3n) is 3.25. The fourth-order valence-electron chi connectivity index (χ4n) is 2.29. The first-order chi connectivity index (χ1) is 9.81. The first-order valence-corrected chi connectivity index (χ1v) is 7.22. The summed E-state index contributed by atoms with van der Waals surface area (Å²) in [6.07, 6.45) is 6.32. The number of amides is 1. The minimum Gasteiger partial charge on any atom is -0.368 e. The Bertz CT molecular complexity index is 756. The average molecular weight is 288 g/mol. The summed E-state index contributed by atoms with van der Waals surface area (Å²) in [5.41, 5.74) is 1.11. The highest BCUT2D eigenvalue weighted by Gasteiger charge is 2.18. The number of carbonyl (C=O) groups excluding carboxylic acids is 1. The van der Waals surface area contributed by atoms with Crippen LogP contribution in [0.2, 0.25) is 0 Å². The first-order valence-electron chi connectivity index (χ1n) is 6.34. The van der Waals surface area contributed by atoms with Gasteiger partial charge in [0.2, 0.25) is 0 Å². The topological polar surface area (TPSA) is 76.2 Å². The molecular weight excluding hydrogens is 276 g/mol. The summed E-state index contributed by atoms with van der Waals surface area (Å²) in [6, 6.07) is 0. The van der Waals surface area contributed by atoms with Gasteiger partial charge in [-0.3, -0.25) is 9.20 Å². The number of aryl methyl sites for hydroxylation is 1. The molecular formula is C12H12N6OS. The Labute approximate surface area is 118 Å². The Hall–Kier alpha value is -2.35. The average Bonchev–Trinajstić information content (AvgIpc) is 3.12. The van der Waals surface area contributed by atoms with E-state index in [0.717, 1.165) is 30.3 Å². The maximum absolute atomic E-state index is 12.2. The highest BCUT2D eigenvalue weighted by molar-refractivity contribution is 7.15. The van der Waals surface area contributed by atoms with Gasteiger partial charge in [-0.2, -0.15) is 5.10 Å². The van der Waals surface area contributed by atoms with Crippen molar-refractivity contribution in [3.63, 3.8) is 0 Å². The van der Waals surface area contributed by atoms with Gasteiger partial charge in [-0.1, -0.05) is 0 Å². The van der Waals surface area contributed by atoms with E-state index in [1.165, 1.54) is 11.3 Å². The molecule has 1 aliphatic heterocycles. The third-order valence-corrected chi connectivity index (χ3v) is 4.02. The lowest BCUT2D eigenvalue weighted by atomic mass is 10.3. The first kappa shape index (κ1) is 11.5. The molecule has 0 saturated heterocycles. The Balaban J connectivity index is 1.60. The predicted molar refractivity (Wildman–Crippen MR) is 76.4 cm³/mol.